The van der Waals surface area contributed by atoms with E-state index in [9.17, 15) is 13.2 Å². The molecule has 3 rings (SSSR count). The Kier molecular flexibility index (Phi) is 3.62. The van der Waals surface area contributed by atoms with Crippen LogP contribution in [0.25, 0.3) is 5.82 Å². The van der Waals surface area contributed by atoms with Gasteiger partial charge in [-0.15, -0.1) is 0 Å². The highest BCUT2D eigenvalue weighted by Crippen LogP contribution is 2.29. The smallest absolute Gasteiger partial charge is 0.308 e. The van der Waals surface area contributed by atoms with E-state index in [1.54, 1.807) is 6.07 Å². The van der Waals surface area contributed by atoms with E-state index in [1.165, 1.54) is 6.07 Å². The zero-order valence-corrected chi connectivity index (χ0v) is 11.6. The van der Waals surface area contributed by atoms with Gasteiger partial charge in [-0.1, -0.05) is 11.6 Å². The molecule has 0 spiro atoms. The molecule has 2 aromatic rings. The van der Waals surface area contributed by atoms with E-state index >= 15 is 0 Å². The molecule has 0 unspecified atom stereocenters. The van der Waals surface area contributed by atoms with Crippen molar-refractivity contribution in [1.29, 1.82) is 0 Å². The first-order chi connectivity index (χ1) is 9.93. The highest BCUT2D eigenvalue weighted by Gasteiger charge is 2.32. The minimum absolute atomic E-state index is 0.308. The van der Waals surface area contributed by atoms with Crippen LogP contribution in [-0.2, 0) is 12.7 Å². The minimum atomic E-state index is -4.42. The third kappa shape index (κ3) is 3.36. The lowest BCUT2D eigenvalue weighted by Crippen LogP contribution is -2.17. The molecular formula is C13H12ClF3N4. The van der Waals surface area contributed by atoms with Gasteiger partial charge in [0.1, 0.15) is 0 Å². The summed E-state index contributed by atoms with van der Waals surface area (Å²) in [5.74, 6) is 0.308. The summed E-state index contributed by atoms with van der Waals surface area (Å²) in [6.45, 7) is 0.491. The number of rotatable bonds is 4. The van der Waals surface area contributed by atoms with E-state index in [0.717, 1.165) is 29.9 Å². The summed E-state index contributed by atoms with van der Waals surface area (Å²) >= 11 is 6.05. The lowest BCUT2D eigenvalue weighted by molar-refractivity contribution is -0.137. The highest BCUT2D eigenvalue weighted by atomic mass is 35.5. The summed E-state index contributed by atoms with van der Waals surface area (Å²) in [5, 5.41) is 7.45. The van der Waals surface area contributed by atoms with Gasteiger partial charge >= 0.3 is 6.18 Å². The SMILES string of the molecule is FC(F)(F)c1cnn(-c2ccc(Cl)c(CNC3CC3)n2)c1. The molecule has 0 amide bonds. The molecule has 2 heterocycles. The molecular weight excluding hydrogens is 305 g/mol. The molecule has 8 heteroatoms. The van der Waals surface area contributed by atoms with Gasteiger partial charge in [0, 0.05) is 18.8 Å². The van der Waals surface area contributed by atoms with E-state index < -0.39 is 11.7 Å². The molecule has 0 aromatic carbocycles. The topological polar surface area (TPSA) is 42.7 Å². The van der Waals surface area contributed by atoms with Crippen LogP contribution in [0.15, 0.2) is 24.5 Å². The van der Waals surface area contributed by atoms with Crippen LogP contribution in [0.3, 0.4) is 0 Å². The van der Waals surface area contributed by atoms with E-state index in [-0.39, 0.29) is 0 Å². The Morgan fingerprint density at radius 1 is 1.33 bits per heavy atom. The number of pyridine rings is 1. The number of nitrogens with one attached hydrogen (secondary N) is 1. The molecule has 1 N–H and O–H groups in total. The molecule has 0 bridgehead atoms. The van der Waals surface area contributed by atoms with Gasteiger partial charge in [0.2, 0.25) is 0 Å². The second-order valence-corrected chi connectivity index (χ2v) is 5.33. The Balaban J connectivity index is 1.84. The number of alkyl halides is 3. The van der Waals surface area contributed by atoms with Crippen molar-refractivity contribution in [2.75, 3.05) is 0 Å². The van der Waals surface area contributed by atoms with Crippen molar-refractivity contribution in [2.24, 2.45) is 0 Å². The van der Waals surface area contributed by atoms with Gasteiger partial charge in [0.15, 0.2) is 5.82 Å². The highest BCUT2D eigenvalue weighted by molar-refractivity contribution is 6.31. The number of aromatic nitrogens is 3. The van der Waals surface area contributed by atoms with Crippen molar-refractivity contribution in [1.82, 2.24) is 20.1 Å². The maximum Gasteiger partial charge on any atom is 0.419 e. The predicted octanol–water partition coefficient (Wildman–Crippen LogP) is 3.19. The van der Waals surface area contributed by atoms with E-state index in [0.29, 0.717) is 29.1 Å². The minimum Gasteiger partial charge on any atom is -0.308 e. The molecule has 2 aromatic heterocycles. The van der Waals surface area contributed by atoms with Crippen molar-refractivity contribution < 1.29 is 13.2 Å². The first-order valence-corrected chi connectivity index (χ1v) is 6.82. The summed E-state index contributed by atoms with van der Waals surface area (Å²) < 4.78 is 38.8. The zero-order chi connectivity index (χ0) is 15.0. The van der Waals surface area contributed by atoms with Crippen LogP contribution >= 0.6 is 11.6 Å². The average Bonchev–Trinajstić information content (AvgIpc) is 3.10. The molecule has 21 heavy (non-hydrogen) atoms. The Bertz CT molecular complexity index is 649. The first-order valence-electron chi connectivity index (χ1n) is 6.44. The molecule has 1 fully saturated rings. The third-order valence-electron chi connectivity index (χ3n) is 3.18. The third-order valence-corrected chi connectivity index (χ3v) is 3.53. The summed E-state index contributed by atoms with van der Waals surface area (Å²) in [6.07, 6.45) is -0.468. The van der Waals surface area contributed by atoms with Crippen LogP contribution in [-0.4, -0.2) is 20.8 Å². The van der Waals surface area contributed by atoms with Gasteiger partial charge in [-0.25, -0.2) is 9.67 Å². The number of halogens is 4. The molecule has 0 atom stereocenters. The summed E-state index contributed by atoms with van der Waals surface area (Å²) in [7, 11) is 0. The van der Waals surface area contributed by atoms with Crippen molar-refractivity contribution >= 4 is 11.6 Å². The molecule has 4 nitrogen and oxygen atoms in total. The molecule has 1 aliphatic carbocycles. The van der Waals surface area contributed by atoms with E-state index in [2.05, 4.69) is 15.4 Å². The molecule has 112 valence electrons. The molecule has 1 aliphatic rings. The van der Waals surface area contributed by atoms with Gasteiger partial charge in [0.05, 0.1) is 22.5 Å². The molecule has 0 saturated heterocycles. The first kappa shape index (κ1) is 14.3. The van der Waals surface area contributed by atoms with Crippen LogP contribution < -0.4 is 5.32 Å². The summed E-state index contributed by atoms with van der Waals surface area (Å²) in [6, 6.07) is 3.65. The van der Waals surface area contributed by atoms with Crippen LogP contribution in [0.2, 0.25) is 5.02 Å². The summed E-state index contributed by atoms with van der Waals surface area (Å²) in [5.41, 5.74) is -0.206. The maximum atomic E-state index is 12.6. The van der Waals surface area contributed by atoms with Gasteiger partial charge < -0.3 is 5.32 Å². The largest absolute Gasteiger partial charge is 0.419 e. The van der Waals surface area contributed by atoms with Crippen molar-refractivity contribution in [3.05, 3.63) is 40.8 Å². The fourth-order valence-corrected chi connectivity index (χ4v) is 2.02. The van der Waals surface area contributed by atoms with E-state index in [4.69, 9.17) is 11.6 Å². The second-order valence-electron chi connectivity index (χ2n) is 4.92. The zero-order valence-electron chi connectivity index (χ0n) is 10.9. The monoisotopic (exact) mass is 316 g/mol. The van der Waals surface area contributed by atoms with Crippen molar-refractivity contribution in [3.63, 3.8) is 0 Å². The lowest BCUT2D eigenvalue weighted by atomic mass is 10.3. The summed E-state index contributed by atoms with van der Waals surface area (Å²) in [4.78, 5) is 4.28. The van der Waals surface area contributed by atoms with Gasteiger partial charge in [-0.05, 0) is 25.0 Å². The predicted molar refractivity (Wildman–Crippen MR) is 71.2 cm³/mol. The van der Waals surface area contributed by atoms with Crippen LogP contribution in [0.5, 0.6) is 0 Å². The molecule has 0 radical (unpaired) electrons. The maximum absolute atomic E-state index is 12.6. The Morgan fingerprint density at radius 3 is 2.71 bits per heavy atom. The quantitative estimate of drug-likeness (QED) is 0.942. The Labute approximate surface area is 123 Å². The van der Waals surface area contributed by atoms with Gasteiger partial charge in [-0.3, -0.25) is 0 Å². The van der Waals surface area contributed by atoms with Crippen LogP contribution in [0.1, 0.15) is 24.1 Å². The van der Waals surface area contributed by atoms with Crippen molar-refractivity contribution in [3.8, 4) is 5.82 Å². The number of hydrogen-bond acceptors (Lipinski definition) is 3. The Morgan fingerprint density at radius 2 is 2.10 bits per heavy atom. The Hall–Kier alpha value is -1.60. The number of hydrogen-bond donors (Lipinski definition) is 1. The normalized spacial score (nSPS) is 15.4. The molecule has 0 aliphatic heterocycles. The fourth-order valence-electron chi connectivity index (χ4n) is 1.85. The van der Waals surface area contributed by atoms with Gasteiger partial charge in [0.25, 0.3) is 0 Å². The number of nitrogens with zero attached hydrogens (tertiary/aromatic N) is 3. The second kappa shape index (κ2) is 5.31. The lowest BCUT2D eigenvalue weighted by Gasteiger charge is -2.08. The average molecular weight is 317 g/mol. The van der Waals surface area contributed by atoms with Crippen molar-refractivity contribution in [2.45, 2.75) is 31.6 Å². The van der Waals surface area contributed by atoms with E-state index in [1.807, 2.05) is 0 Å². The van der Waals surface area contributed by atoms with Gasteiger partial charge in [-0.2, -0.15) is 18.3 Å². The molecule has 1 saturated carbocycles. The standard InChI is InChI=1S/C13H12ClF3N4/c14-10-3-4-12(20-11(10)6-18-9-1-2-9)21-7-8(5-19-21)13(15,16)17/h3-5,7,9,18H,1-2,6H2. The van der Waals surface area contributed by atoms with Crippen LogP contribution in [0, 0.1) is 0 Å². The van der Waals surface area contributed by atoms with Crippen LogP contribution in [0.4, 0.5) is 13.2 Å². The fraction of sp³-hybridized carbons (Fsp3) is 0.385.